The van der Waals surface area contributed by atoms with Gasteiger partial charge >= 0.3 is 0 Å². The van der Waals surface area contributed by atoms with Gasteiger partial charge in [0.1, 0.15) is 47.1 Å². The highest BCUT2D eigenvalue weighted by atomic mass is 15.4. The van der Waals surface area contributed by atoms with Crippen molar-refractivity contribution in [2.75, 3.05) is 52.4 Å². The first-order valence-electron chi connectivity index (χ1n) is 22.0. The fraction of sp³-hybridized carbons (Fsp3) is 0.333. The molecule has 8 bridgehead atoms. The summed E-state index contributed by atoms with van der Waals surface area (Å²) in [6, 6.07) is 17.8. The second-order valence-corrected chi connectivity index (χ2v) is 16.3. The van der Waals surface area contributed by atoms with Crippen LogP contribution in [0.25, 0.3) is 22.3 Å². The molecule has 0 unspecified atom stereocenters. The quantitative estimate of drug-likeness (QED) is 0.144. The van der Waals surface area contributed by atoms with Crippen molar-refractivity contribution in [3.8, 4) is 0 Å². The van der Waals surface area contributed by atoms with Crippen LogP contribution in [0.5, 0.6) is 0 Å². The fourth-order valence-electron chi connectivity index (χ4n) is 10.0. The van der Waals surface area contributed by atoms with Crippen LogP contribution in [0.3, 0.4) is 0 Å². The minimum Gasteiger partial charge on any atom is -0.354 e. The summed E-state index contributed by atoms with van der Waals surface area (Å²) in [5.74, 6) is 4.03. The summed E-state index contributed by atoms with van der Waals surface area (Å²) in [7, 11) is 0. The first-order valence-corrected chi connectivity index (χ1v) is 22.0. The third-order valence-electron chi connectivity index (χ3n) is 14.2. The zero-order valence-corrected chi connectivity index (χ0v) is 36.5. The number of quaternary nitrogens is 4. The largest absolute Gasteiger partial charge is 0.354 e. The minimum atomic E-state index is 0.641. The van der Waals surface area contributed by atoms with Gasteiger partial charge in [-0.25, -0.2) is 17.9 Å². The molecular formula is C48H60N12+4. The zero-order valence-electron chi connectivity index (χ0n) is 36.5. The first-order chi connectivity index (χ1) is 29.2. The maximum Gasteiger partial charge on any atom is 0.244 e. The molecule has 0 saturated carbocycles. The Morgan fingerprint density at radius 1 is 0.317 bits per heavy atom. The van der Waals surface area contributed by atoms with Gasteiger partial charge in [0, 0.05) is 0 Å². The molecule has 4 N–H and O–H groups in total. The Bertz CT molecular complexity index is 2490. The number of amidine groups is 4. The predicted molar refractivity (Wildman–Crippen MR) is 243 cm³/mol. The van der Waals surface area contributed by atoms with Gasteiger partial charge in [-0.1, -0.05) is 0 Å². The average Bonchev–Trinajstić information content (AvgIpc) is 4.14. The lowest BCUT2D eigenvalue weighted by Gasteiger charge is -2.31. The highest BCUT2D eigenvalue weighted by molar-refractivity contribution is 6.23. The second kappa shape index (κ2) is 15.0. The molecule has 0 spiro atoms. The van der Waals surface area contributed by atoms with Gasteiger partial charge in [0.15, 0.2) is 0 Å². The van der Waals surface area contributed by atoms with Crippen molar-refractivity contribution in [3.05, 3.63) is 142 Å². The first kappa shape index (κ1) is 39.5. The van der Waals surface area contributed by atoms with Gasteiger partial charge in [-0.2, -0.15) is 20.0 Å². The molecule has 12 heteroatoms. The van der Waals surface area contributed by atoms with Crippen LogP contribution >= 0.6 is 0 Å². The number of likely N-dealkylation sites (N-methyl/N-ethyl adjacent to an activating group) is 4. The number of fused-ring (bicyclic) bond motifs is 8. The third kappa shape index (κ3) is 5.72. The van der Waals surface area contributed by atoms with E-state index in [9.17, 15) is 0 Å². The van der Waals surface area contributed by atoms with Crippen LogP contribution in [-0.4, -0.2) is 114 Å². The number of aromatic nitrogens is 4. The van der Waals surface area contributed by atoms with Gasteiger partial charge in [-0.15, -0.1) is 0 Å². The van der Waals surface area contributed by atoms with Crippen LogP contribution in [0.1, 0.15) is 78.2 Å². The molecule has 0 amide bonds. The number of nitrogens with zero attached hydrogens (tertiary/aromatic N) is 8. The standard InChI is InChI=1S/C48H60N12/c1-9-57(10-2)29-25-49-45(57)41-33-17-19-35(53-33)42(46-50-26-30-58(46,11-3)12-4)37-21-23-39(55-37)44(48-52-28-32-60(48,15-7)16-8)40-24-22-38(56-40)43(36-20-18-34(41)54-36)47-51-27-31-59(47,13-5)14-6/h17-32,53-56H,9-16H2,1-8H3/q+4. The molecule has 5 aliphatic heterocycles. The number of aromatic amines is 4. The van der Waals surface area contributed by atoms with Gasteiger partial charge in [0.05, 0.1) is 121 Å². The summed E-state index contributed by atoms with van der Waals surface area (Å²) in [6.45, 7) is 25.0. The van der Waals surface area contributed by atoms with E-state index in [1.165, 1.54) is 0 Å². The van der Waals surface area contributed by atoms with E-state index >= 15 is 0 Å². The van der Waals surface area contributed by atoms with Crippen LogP contribution in [-0.2, 0) is 0 Å². The molecule has 0 aromatic carbocycles. The third-order valence-corrected chi connectivity index (χ3v) is 14.2. The highest BCUT2D eigenvalue weighted by Gasteiger charge is 2.42. The van der Waals surface area contributed by atoms with E-state index in [0.717, 1.165) is 142 Å². The van der Waals surface area contributed by atoms with Crippen molar-refractivity contribution in [1.29, 1.82) is 0 Å². The maximum absolute atomic E-state index is 5.15. The highest BCUT2D eigenvalue weighted by Crippen LogP contribution is 2.32. The molecule has 0 fully saturated rings. The minimum absolute atomic E-state index is 0.641. The van der Waals surface area contributed by atoms with E-state index in [2.05, 4.69) is 149 Å². The Labute approximate surface area is 352 Å². The lowest BCUT2D eigenvalue weighted by molar-refractivity contribution is -0.780. The van der Waals surface area contributed by atoms with Gasteiger partial charge in [0.25, 0.3) is 0 Å². The van der Waals surface area contributed by atoms with Crippen molar-refractivity contribution < 1.29 is 17.9 Å². The number of H-pyrrole nitrogens is 4. The van der Waals surface area contributed by atoms with E-state index in [1.807, 2.05) is 24.8 Å². The fourth-order valence-corrected chi connectivity index (χ4v) is 10.0. The van der Waals surface area contributed by atoms with Crippen molar-refractivity contribution in [2.45, 2.75) is 55.4 Å². The molecule has 0 aliphatic carbocycles. The van der Waals surface area contributed by atoms with Gasteiger partial charge in [-0.05, 0) is 104 Å². The molecule has 0 saturated heterocycles. The molecule has 5 aliphatic rings. The molecule has 9 heterocycles. The SMILES string of the molecule is CC[N+]1(CC)C=CN=C1C1=c2ccc([nH]2)=C(C2=NC=C[N+]2(CC)CC)c2ccc([nH]2)C(C2=NC=C[N+]2(CC)CC)=c2ccc([nH]2)=C(C2=NC=C[N+]2(CC)CC)c2ccc1[nH]2. The van der Waals surface area contributed by atoms with Crippen LogP contribution in [0.2, 0.25) is 0 Å². The Morgan fingerprint density at radius 3 is 0.733 bits per heavy atom. The number of aliphatic imine (C=N–C) groups is 4. The molecule has 0 atom stereocenters. The molecule has 0 radical (unpaired) electrons. The van der Waals surface area contributed by atoms with E-state index in [-0.39, 0.29) is 0 Å². The Morgan fingerprint density at radius 2 is 0.533 bits per heavy atom. The Hall–Kier alpha value is -5.92. The Balaban J connectivity index is 1.43. The van der Waals surface area contributed by atoms with Crippen LogP contribution < -0.4 is 21.4 Å². The van der Waals surface area contributed by atoms with Gasteiger partial charge < -0.3 is 19.9 Å². The summed E-state index contributed by atoms with van der Waals surface area (Å²) in [4.78, 5) is 36.5. The summed E-state index contributed by atoms with van der Waals surface area (Å²) in [5, 5.41) is 3.95. The molecule has 4 aromatic rings. The van der Waals surface area contributed by atoms with E-state index in [1.54, 1.807) is 0 Å². The van der Waals surface area contributed by atoms with E-state index < -0.39 is 0 Å². The molecule has 4 aromatic heterocycles. The summed E-state index contributed by atoms with van der Waals surface area (Å²) in [6.07, 6.45) is 16.8. The van der Waals surface area contributed by atoms with Crippen LogP contribution in [0.15, 0.2) is 118 Å². The van der Waals surface area contributed by atoms with Crippen LogP contribution in [0.4, 0.5) is 0 Å². The monoisotopic (exact) mass is 805 g/mol. The topological polar surface area (TPSA) is 113 Å². The maximum atomic E-state index is 5.15. The molecular weight excluding hydrogens is 745 g/mol. The average molecular weight is 805 g/mol. The van der Waals surface area contributed by atoms with Gasteiger partial charge in [-0.3, -0.25) is 0 Å². The number of rotatable bonds is 12. The summed E-state index contributed by atoms with van der Waals surface area (Å²) < 4.78 is 2.57. The zero-order chi connectivity index (χ0) is 41.9. The van der Waals surface area contributed by atoms with E-state index in [4.69, 9.17) is 20.0 Å². The van der Waals surface area contributed by atoms with Gasteiger partial charge in [0.2, 0.25) is 23.3 Å². The van der Waals surface area contributed by atoms with Crippen LogP contribution in [0, 0.1) is 0 Å². The summed E-state index contributed by atoms with van der Waals surface area (Å²) in [5.41, 5.74) is 8.11. The van der Waals surface area contributed by atoms with Crippen molar-refractivity contribution in [1.82, 2.24) is 19.9 Å². The number of hydrogen-bond acceptors (Lipinski definition) is 4. The molecule has 308 valence electrons. The van der Waals surface area contributed by atoms with Crippen molar-refractivity contribution in [3.63, 3.8) is 0 Å². The number of hydrogen-bond donors (Lipinski definition) is 4. The number of nitrogens with one attached hydrogen (secondary N) is 4. The smallest absolute Gasteiger partial charge is 0.244 e. The lowest BCUT2D eigenvalue weighted by atomic mass is 10.1. The second-order valence-electron chi connectivity index (χ2n) is 16.3. The normalized spacial score (nSPS) is 20.4. The predicted octanol–water partition coefficient (Wildman–Crippen LogP) is 5.07. The molecule has 9 rings (SSSR count). The van der Waals surface area contributed by atoms with E-state index in [0.29, 0.717) is 17.9 Å². The lowest BCUT2D eigenvalue weighted by Crippen LogP contribution is -2.48. The molecule has 60 heavy (non-hydrogen) atoms. The van der Waals surface area contributed by atoms with Crippen molar-refractivity contribution >= 4 is 45.6 Å². The van der Waals surface area contributed by atoms with Crippen molar-refractivity contribution in [2.24, 2.45) is 20.0 Å². The Kier molecular flexibility index (Phi) is 9.86. The summed E-state index contributed by atoms with van der Waals surface area (Å²) >= 11 is 0. The molecule has 12 nitrogen and oxygen atoms in total.